The van der Waals surface area contributed by atoms with E-state index in [1.807, 2.05) is 19.1 Å². The summed E-state index contributed by atoms with van der Waals surface area (Å²) in [6.45, 7) is 5.00. The number of rotatable bonds is 4. The lowest BCUT2D eigenvalue weighted by molar-refractivity contribution is 0.0698. The first-order valence-electron chi connectivity index (χ1n) is 5.65. The van der Waals surface area contributed by atoms with Crippen LogP contribution in [0.3, 0.4) is 0 Å². The van der Waals surface area contributed by atoms with Gasteiger partial charge in [0.2, 0.25) is 0 Å². The molecule has 0 amide bonds. The lowest BCUT2D eigenvalue weighted by Crippen LogP contribution is -2.09. The molecule has 0 heterocycles. The summed E-state index contributed by atoms with van der Waals surface area (Å²) in [5, 5.41) is 12.3. The van der Waals surface area contributed by atoms with Crippen molar-refractivity contribution in [3.63, 3.8) is 0 Å². The predicted octanol–water partition coefficient (Wildman–Crippen LogP) is 2.76. The maximum atomic E-state index is 11.1. The van der Waals surface area contributed by atoms with Crippen LogP contribution in [0, 0.1) is 18.8 Å². The zero-order chi connectivity index (χ0) is 11.7. The molecule has 1 fully saturated rings. The zero-order valence-electron chi connectivity index (χ0n) is 9.66. The Balaban J connectivity index is 2.09. The Kier molecular flexibility index (Phi) is 2.86. The van der Waals surface area contributed by atoms with Crippen molar-refractivity contribution in [2.45, 2.75) is 20.3 Å². The Hall–Kier alpha value is -1.51. The average Bonchev–Trinajstić information content (AvgIpc) is 2.92. The topological polar surface area (TPSA) is 49.3 Å². The molecular formula is C13H17NO2. The monoisotopic (exact) mass is 219 g/mol. The molecule has 1 aliphatic rings. The van der Waals surface area contributed by atoms with Crippen LogP contribution in [-0.2, 0) is 0 Å². The van der Waals surface area contributed by atoms with Gasteiger partial charge < -0.3 is 10.4 Å². The molecule has 3 heteroatoms. The molecule has 0 saturated heterocycles. The van der Waals surface area contributed by atoms with E-state index in [1.165, 1.54) is 6.42 Å². The summed E-state index contributed by atoms with van der Waals surface area (Å²) in [5.41, 5.74) is 2.08. The fourth-order valence-electron chi connectivity index (χ4n) is 1.91. The first-order chi connectivity index (χ1) is 7.58. The van der Waals surface area contributed by atoms with Crippen LogP contribution in [0.5, 0.6) is 0 Å². The fraction of sp³-hybridized carbons (Fsp3) is 0.462. The Morgan fingerprint density at radius 2 is 2.25 bits per heavy atom. The second kappa shape index (κ2) is 4.16. The molecule has 1 aliphatic carbocycles. The highest BCUT2D eigenvalue weighted by Gasteiger charge is 2.32. The van der Waals surface area contributed by atoms with Crippen molar-refractivity contribution in [2.75, 3.05) is 11.9 Å². The van der Waals surface area contributed by atoms with Crippen LogP contribution in [0.25, 0.3) is 0 Å². The van der Waals surface area contributed by atoms with Crippen LogP contribution >= 0.6 is 0 Å². The summed E-state index contributed by atoms with van der Waals surface area (Å²) in [5.74, 6) is 0.629. The van der Waals surface area contributed by atoms with Crippen molar-refractivity contribution >= 4 is 11.7 Å². The maximum absolute atomic E-state index is 11.1. The number of benzene rings is 1. The Morgan fingerprint density at radius 1 is 1.56 bits per heavy atom. The van der Waals surface area contributed by atoms with Crippen LogP contribution in [0.4, 0.5) is 5.69 Å². The fourth-order valence-corrected chi connectivity index (χ4v) is 1.91. The Bertz CT molecular complexity index is 414. The van der Waals surface area contributed by atoms with Gasteiger partial charge in [0.05, 0.1) is 5.56 Å². The zero-order valence-corrected chi connectivity index (χ0v) is 9.66. The molecule has 2 N–H and O–H groups in total. The summed E-state index contributed by atoms with van der Waals surface area (Å²) < 4.78 is 0. The molecule has 86 valence electrons. The second-order valence-electron chi connectivity index (χ2n) is 4.71. The summed E-state index contributed by atoms with van der Waals surface area (Å²) in [7, 11) is 0. The van der Waals surface area contributed by atoms with Crippen molar-refractivity contribution in [1.82, 2.24) is 0 Å². The van der Waals surface area contributed by atoms with E-state index in [0.29, 0.717) is 11.5 Å². The first kappa shape index (κ1) is 11.0. The number of anilines is 1. The number of nitrogens with one attached hydrogen (secondary N) is 1. The van der Waals surface area contributed by atoms with Gasteiger partial charge in [0.25, 0.3) is 0 Å². The number of carbonyl (C=O) groups is 1. The van der Waals surface area contributed by atoms with Gasteiger partial charge in [0, 0.05) is 12.2 Å². The Labute approximate surface area is 95.5 Å². The van der Waals surface area contributed by atoms with E-state index in [-0.39, 0.29) is 0 Å². The summed E-state index contributed by atoms with van der Waals surface area (Å²) in [6.07, 6.45) is 1.25. The number of aromatic carboxylic acids is 1. The normalized spacial score (nSPS) is 22.9. The molecule has 2 atom stereocenters. The lowest BCUT2D eigenvalue weighted by Gasteiger charge is -2.09. The van der Waals surface area contributed by atoms with Gasteiger partial charge in [-0.15, -0.1) is 0 Å². The molecule has 16 heavy (non-hydrogen) atoms. The van der Waals surface area contributed by atoms with Gasteiger partial charge in [-0.1, -0.05) is 18.6 Å². The van der Waals surface area contributed by atoms with Crippen LogP contribution in [0.15, 0.2) is 18.2 Å². The molecule has 0 radical (unpaired) electrons. The van der Waals surface area contributed by atoms with E-state index in [0.717, 1.165) is 23.7 Å². The number of aryl methyl sites for hydroxylation is 1. The SMILES string of the molecule is Cc1ccc(NCC2CC2C)c(C(=O)O)c1. The van der Waals surface area contributed by atoms with E-state index in [2.05, 4.69) is 12.2 Å². The van der Waals surface area contributed by atoms with Gasteiger partial charge in [-0.2, -0.15) is 0 Å². The van der Waals surface area contributed by atoms with Gasteiger partial charge in [-0.25, -0.2) is 4.79 Å². The molecular weight excluding hydrogens is 202 g/mol. The third-order valence-electron chi connectivity index (χ3n) is 3.24. The summed E-state index contributed by atoms with van der Waals surface area (Å²) in [6, 6.07) is 5.50. The highest BCUT2D eigenvalue weighted by Crippen LogP contribution is 2.37. The smallest absolute Gasteiger partial charge is 0.337 e. The number of carboxylic acids is 1. The molecule has 0 spiro atoms. The summed E-state index contributed by atoms with van der Waals surface area (Å²) in [4.78, 5) is 11.1. The minimum atomic E-state index is -0.866. The van der Waals surface area contributed by atoms with Crippen LogP contribution < -0.4 is 5.32 Å². The van der Waals surface area contributed by atoms with E-state index in [1.54, 1.807) is 6.07 Å². The van der Waals surface area contributed by atoms with Crippen LogP contribution in [-0.4, -0.2) is 17.6 Å². The van der Waals surface area contributed by atoms with Gasteiger partial charge in [-0.05, 0) is 37.3 Å². The Morgan fingerprint density at radius 3 is 2.81 bits per heavy atom. The summed E-state index contributed by atoms with van der Waals surface area (Å²) >= 11 is 0. The standard InChI is InChI=1S/C13H17NO2/c1-8-3-4-12(11(5-8)13(15)16)14-7-10-6-9(10)2/h3-5,9-10,14H,6-7H2,1-2H3,(H,15,16). The van der Waals surface area contributed by atoms with E-state index in [9.17, 15) is 4.79 Å². The maximum Gasteiger partial charge on any atom is 0.337 e. The van der Waals surface area contributed by atoms with E-state index in [4.69, 9.17) is 5.11 Å². The molecule has 2 unspecified atom stereocenters. The van der Waals surface area contributed by atoms with E-state index < -0.39 is 5.97 Å². The van der Waals surface area contributed by atoms with Crippen LogP contribution in [0.1, 0.15) is 29.3 Å². The predicted molar refractivity (Wildman–Crippen MR) is 63.9 cm³/mol. The largest absolute Gasteiger partial charge is 0.478 e. The quantitative estimate of drug-likeness (QED) is 0.818. The molecule has 0 aromatic heterocycles. The highest BCUT2D eigenvalue weighted by atomic mass is 16.4. The van der Waals surface area contributed by atoms with Crippen molar-refractivity contribution in [1.29, 1.82) is 0 Å². The number of hydrogen-bond donors (Lipinski definition) is 2. The highest BCUT2D eigenvalue weighted by molar-refractivity contribution is 5.94. The van der Waals surface area contributed by atoms with Gasteiger partial charge in [-0.3, -0.25) is 0 Å². The molecule has 3 nitrogen and oxygen atoms in total. The molecule has 0 aliphatic heterocycles. The van der Waals surface area contributed by atoms with Crippen molar-refractivity contribution in [3.05, 3.63) is 29.3 Å². The van der Waals surface area contributed by atoms with E-state index >= 15 is 0 Å². The second-order valence-corrected chi connectivity index (χ2v) is 4.71. The third kappa shape index (κ3) is 2.35. The number of hydrogen-bond acceptors (Lipinski definition) is 2. The molecule has 1 aromatic rings. The molecule has 0 bridgehead atoms. The van der Waals surface area contributed by atoms with Crippen LogP contribution in [0.2, 0.25) is 0 Å². The molecule has 1 saturated carbocycles. The third-order valence-corrected chi connectivity index (χ3v) is 3.24. The van der Waals surface area contributed by atoms with Gasteiger partial charge in [0.1, 0.15) is 0 Å². The molecule has 2 rings (SSSR count). The average molecular weight is 219 g/mol. The lowest BCUT2D eigenvalue weighted by atomic mass is 10.1. The van der Waals surface area contributed by atoms with Gasteiger partial charge in [0.15, 0.2) is 0 Å². The minimum absolute atomic E-state index is 0.369. The minimum Gasteiger partial charge on any atom is -0.478 e. The van der Waals surface area contributed by atoms with Crippen molar-refractivity contribution < 1.29 is 9.90 Å². The number of carboxylic acid groups (broad SMARTS) is 1. The van der Waals surface area contributed by atoms with Crippen molar-refractivity contribution in [3.8, 4) is 0 Å². The van der Waals surface area contributed by atoms with Gasteiger partial charge >= 0.3 is 5.97 Å². The molecule has 1 aromatic carbocycles. The van der Waals surface area contributed by atoms with Crippen molar-refractivity contribution in [2.24, 2.45) is 11.8 Å². The first-order valence-corrected chi connectivity index (χ1v) is 5.65.